The van der Waals surface area contributed by atoms with E-state index in [1.54, 1.807) is 6.92 Å². The number of ether oxygens (including phenoxy) is 1. The normalized spacial score (nSPS) is 42.7. The van der Waals surface area contributed by atoms with Gasteiger partial charge in [0.2, 0.25) is 0 Å². The van der Waals surface area contributed by atoms with Crippen molar-refractivity contribution in [1.29, 1.82) is 0 Å². The Morgan fingerprint density at radius 1 is 1.26 bits per heavy atom. The second-order valence-electron chi connectivity index (χ2n) is 7.26. The summed E-state index contributed by atoms with van der Waals surface area (Å²) in [6.07, 6.45) is 2.99. The molecular formula is C14H20F2O6S. The fourth-order valence-corrected chi connectivity index (χ4v) is 5.42. The first kappa shape index (κ1) is 17.0. The summed E-state index contributed by atoms with van der Waals surface area (Å²) in [6, 6.07) is 0. The van der Waals surface area contributed by atoms with Crippen molar-refractivity contribution in [3.05, 3.63) is 0 Å². The third-order valence-corrected chi connectivity index (χ3v) is 6.75. The topological polar surface area (TPSA) is 101 Å². The molecule has 2 unspecified atom stereocenters. The van der Waals surface area contributed by atoms with Gasteiger partial charge in [0.15, 0.2) is 0 Å². The van der Waals surface area contributed by atoms with Crippen LogP contribution in [0, 0.1) is 17.8 Å². The van der Waals surface area contributed by atoms with Crippen LogP contribution in [0.25, 0.3) is 0 Å². The molecule has 132 valence electrons. The summed E-state index contributed by atoms with van der Waals surface area (Å²) in [4.78, 5) is 11.8. The van der Waals surface area contributed by atoms with Gasteiger partial charge in [-0.25, -0.2) is 4.79 Å². The number of alkyl halides is 2. The smallest absolute Gasteiger partial charge is 0.453 e. The molecule has 2 atom stereocenters. The minimum Gasteiger partial charge on any atom is -0.453 e. The monoisotopic (exact) mass is 354 g/mol. The molecule has 0 aromatic carbocycles. The van der Waals surface area contributed by atoms with E-state index in [2.05, 4.69) is 0 Å². The highest BCUT2D eigenvalue weighted by molar-refractivity contribution is 7.87. The predicted octanol–water partition coefficient (Wildman–Crippen LogP) is 1.73. The van der Waals surface area contributed by atoms with Gasteiger partial charge in [-0.05, 0) is 44.4 Å². The number of halogens is 2. The van der Waals surface area contributed by atoms with Crippen LogP contribution in [0.2, 0.25) is 0 Å². The van der Waals surface area contributed by atoms with Crippen molar-refractivity contribution in [2.45, 2.75) is 61.9 Å². The molecule has 4 saturated carbocycles. The maximum Gasteiger partial charge on any atom is 0.465 e. The molecule has 0 radical (unpaired) electrons. The van der Waals surface area contributed by atoms with E-state index in [4.69, 9.17) is 9.29 Å². The fourth-order valence-electron chi connectivity index (χ4n) is 5.17. The number of esters is 1. The molecule has 6 nitrogen and oxygen atoms in total. The second-order valence-corrected chi connectivity index (χ2v) is 8.72. The molecule has 0 aromatic heterocycles. The minimum absolute atomic E-state index is 0.262. The van der Waals surface area contributed by atoms with Crippen LogP contribution >= 0.6 is 0 Å². The zero-order valence-corrected chi connectivity index (χ0v) is 13.5. The highest BCUT2D eigenvalue weighted by Gasteiger charge is 2.65. The van der Waals surface area contributed by atoms with E-state index in [-0.39, 0.29) is 24.2 Å². The Hall–Kier alpha value is -0.800. The van der Waals surface area contributed by atoms with Crippen molar-refractivity contribution in [2.24, 2.45) is 17.8 Å². The van der Waals surface area contributed by atoms with Crippen molar-refractivity contribution in [1.82, 2.24) is 0 Å². The number of carbonyl (C=O) groups is 1. The highest BCUT2D eigenvalue weighted by atomic mass is 32.2. The molecule has 0 amide bonds. The van der Waals surface area contributed by atoms with Crippen LogP contribution in [0.1, 0.15) is 45.4 Å². The van der Waals surface area contributed by atoms with Crippen molar-refractivity contribution in [3.8, 4) is 0 Å². The lowest BCUT2D eigenvalue weighted by Gasteiger charge is -2.62. The minimum atomic E-state index is -5.88. The van der Waals surface area contributed by atoms with Crippen LogP contribution in [0.15, 0.2) is 0 Å². The van der Waals surface area contributed by atoms with E-state index in [9.17, 15) is 27.1 Å². The first-order chi connectivity index (χ1) is 10.4. The largest absolute Gasteiger partial charge is 0.465 e. The Balaban J connectivity index is 1.90. The van der Waals surface area contributed by atoms with Gasteiger partial charge in [0.1, 0.15) is 5.60 Å². The Bertz CT molecular complexity index is 615. The average Bonchev–Trinajstić information content (AvgIpc) is 2.39. The molecular weight excluding hydrogens is 334 g/mol. The fraction of sp³-hybridized carbons (Fsp3) is 0.929. The quantitative estimate of drug-likeness (QED) is 0.589. The highest BCUT2D eigenvalue weighted by Crippen LogP contribution is 2.62. The first-order valence-electron chi connectivity index (χ1n) is 7.74. The first-order valence-corrected chi connectivity index (χ1v) is 9.18. The summed E-state index contributed by atoms with van der Waals surface area (Å²) in [5, 5.41) is 5.54. The van der Waals surface area contributed by atoms with Crippen molar-refractivity contribution in [3.63, 3.8) is 0 Å². The molecule has 23 heavy (non-hydrogen) atoms. The van der Waals surface area contributed by atoms with Crippen LogP contribution in [0.4, 0.5) is 8.78 Å². The maximum absolute atomic E-state index is 13.6. The lowest BCUT2D eigenvalue weighted by atomic mass is 9.47. The van der Waals surface area contributed by atoms with E-state index in [1.807, 2.05) is 0 Å². The summed E-state index contributed by atoms with van der Waals surface area (Å²) in [5.41, 5.74) is -2.04. The van der Waals surface area contributed by atoms with Crippen LogP contribution in [-0.4, -0.2) is 40.5 Å². The van der Waals surface area contributed by atoms with Gasteiger partial charge in [-0.15, -0.1) is 0 Å². The van der Waals surface area contributed by atoms with Crippen LogP contribution in [0.5, 0.6) is 0 Å². The van der Waals surface area contributed by atoms with E-state index < -0.39 is 32.5 Å². The Labute approximate surface area is 132 Å². The molecule has 4 aliphatic rings. The van der Waals surface area contributed by atoms with E-state index in [1.165, 1.54) is 0 Å². The third kappa shape index (κ3) is 2.39. The Kier molecular flexibility index (Phi) is 3.60. The lowest BCUT2D eigenvalue weighted by Crippen LogP contribution is -2.65. The third-order valence-electron chi connectivity index (χ3n) is 5.94. The molecule has 4 aliphatic carbocycles. The number of hydrogen-bond donors (Lipinski definition) is 2. The van der Waals surface area contributed by atoms with Crippen molar-refractivity contribution < 1.29 is 36.4 Å². The van der Waals surface area contributed by atoms with E-state index in [0.717, 1.165) is 0 Å². The summed E-state index contributed by atoms with van der Waals surface area (Å²) in [5.74, 6) is -2.51. The molecule has 4 bridgehead atoms. The van der Waals surface area contributed by atoms with Crippen LogP contribution < -0.4 is 0 Å². The van der Waals surface area contributed by atoms with E-state index in [0.29, 0.717) is 32.1 Å². The van der Waals surface area contributed by atoms with Crippen molar-refractivity contribution >= 4 is 16.1 Å². The summed E-state index contributed by atoms with van der Waals surface area (Å²) in [6.45, 7) is 1.70. The predicted molar refractivity (Wildman–Crippen MR) is 74.1 cm³/mol. The molecule has 4 fully saturated rings. The second kappa shape index (κ2) is 4.86. The van der Waals surface area contributed by atoms with Crippen LogP contribution in [0.3, 0.4) is 0 Å². The Morgan fingerprint density at radius 3 is 2.17 bits per heavy atom. The van der Waals surface area contributed by atoms with E-state index >= 15 is 0 Å². The van der Waals surface area contributed by atoms with Gasteiger partial charge in [-0.3, -0.25) is 4.55 Å². The number of carbonyl (C=O) groups excluding carboxylic acids is 1. The van der Waals surface area contributed by atoms with Gasteiger partial charge in [0.05, 0.1) is 5.60 Å². The summed E-state index contributed by atoms with van der Waals surface area (Å²) < 4.78 is 62.3. The molecule has 2 N–H and O–H groups in total. The van der Waals surface area contributed by atoms with Crippen LogP contribution in [-0.2, 0) is 19.6 Å². The number of aliphatic hydroxyl groups is 1. The molecule has 0 saturated heterocycles. The van der Waals surface area contributed by atoms with Gasteiger partial charge >= 0.3 is 21.3 Å². The van der Waals surface area contributed by atoms with Gasteiger partial charge in [0.25, 0.3) is 0 Å². The lowest BCUT2D eigenvalue weighted by molar-refractivity contribution is -0.249. The zero-order valence-electron chi connectivity index (χ0n) is 12.7. The van der Waals surface area contributed by atoms with Gasteiger partial charge in [-0.1, -0.05) is 6.92 Å². The molecule has 0 aromatic rings. The SMILES string of the molecule is CCC1(OC(=O)C(F)(F)S(=O)(=O)O)C2CC3CC1CC(O)(C3)C2. The Morgan fingerprint density at radius 2 is 1.78 bits per heavy atom. The molecule has 0 heterocycles. The molecule has 4 rings (SSSR count). The van der Waals surface area contributed by atoms with Gasteiger partial charge in [0, 0.05) is 11.8 Å². The van der Waals surface area contributed by atoms with Gasteiger partial charge < -0.3 is 9.84 Å². The average molecular weight is 354 g/mol. The maximum atomic E-state index is 13.6. The zero-order chi connectivity index (χ0) is 17.3. The standard InChI is InChI=1S/C14H20F2O6S/c1-2-13(22-11(17)14(15,16)23(19,20)21)9-3-8-4-10(13)7-12(18,5-8)6-9/h8-10,18H,2-7H2,1H3,(H,19,20,21). The molecule has 9 heteroatoms. The summed E-state index contributed by atoms with van der Waals surface area (Å²) in [7, 11) is -5.88. The molecule has 0 aliphatic heterocycles. The molecule has 0 spiro atoms. The summed E-state index contributed by atoms with van der Waals surface area (Å²) >= 11 is 0. The van der Waals surface area contributed by atoms with Crippen molar-refractivity contribution in [2.75, 3.05) is 0 Å². The number of rotatable bonds is 4. The van der Waals surface area contributed by atoms with Gasteiger partial charge in [-0.2, -0.15) is 17.2 Å². The number of hydrogen-bond acceptors (Lipinski definition) is 5.